The Hall–Kier alpha value is -3.68. The highest BCUT2D eigenvalue weighted by atomic mass is 16.1. The molecule has 0 aliphatic heterocycles. The number of benzene rings is 2. The third kappa shape index (κ3) is 3.00. The van der Waals surface area contributed by atoms with E-state index in [1.165, 1.54) is 4.80 Å². The molecule has 0 unspecified atom stereocenters. The Kier molecular flexibility index (Phi) is 3.85. The summed E-state index contributed by atoms with van der Waals surface area (Å²) in [6.45, 7) is 2.28. The molecule has 128 valence electrons. The van der Waals surface area contributed by atoms with Crippen molar-refractivity contribution in [3.05, 3.63) is 65.5 Å². The van der Waals surface area contributed by atoms with Crippen LogP contribution in [0.3, 0.4) is 0 Å². The Morgan fingerprint density at radius 2 is 1.73 bits per heavy atom. The van der Waals surface area contributed by atoms with Crippen molar-refractivity contribution in [1.29, 1.82) is 0 Å². The minimum absolute atomic E-state index is 0.371. The number of fused-ring (bicyclic) bond motifs is 1. The molecular formula is C18H15N7O. The van der Waals surface area contributed by atoms with Crippen molar-refractivity contribution in [3.63, 3.8) is 0 Å². The Bertz CT molecular complexity index is 1100. The third-order valence-corrected chi connectivity index (χ3v) is 4.01. The van der Waals surface area contributed by atoms with Gasteiger partial charge in [0.15, 0.2) is 0 Å². The monoisotopic (exact) mass is 345 g/mol. The number of hydrogen-bond donors (Lipinski definition) is 1. The van der Waals surface area contributed by atoms with E-state index >= 15 is 0 Å². The number of hydrogen-bond acceptors (Lipinski definition) is 6. The Morgan fingerprint density at radius 3 is 2.42 bits per heavy atom. The summed E-state index contributed by atoms with van der Waals surface area (Å²) in [6.07, 6.45) is 0. The van der Waals surface area contributed by atoms with E-state index in [0.717, 1.165) is 28.0 Å². The molecule has 0 spiro atoms. The lowest BCUT2D eigenvalue weighted by Crippen LogP contribution is -2.10. The first-order valence-electron chi connectivity index (χ1n) is 8.00. The van der Waals surface area contributed by atoms with Gasteiger partial charge in [0.05, 0.1) is 22.4 Å². The molecule has 2 aromatic heterocycles. The van der Waals surface area contributed by atoms with Crippen LogP contribution in [-0.4, -0.2) is 36.1 Å². The van der Waals surface area contributed by atoms with Gasteiger partial charge in [0.25, 0.3) is 0 Å². The Labute approximate surface area is 148 Å². The van der Waals surface area contributed by atoms with Crippen LogP contribution < -0.4 is 5.73 Å². The van der Waals surface area contributed by atoms with E-state index in [2.05, 4.69) is 25.4 Å². The van der Waals surface area contributed by atoms with E-state index < -0.39 is 5.91 Å². The molecule has 2 heterocycles. The van der Waals surface area contributed by atoms with Gasteiger partial charge in [-0.2, -0.15) is 4.80 Å². The van der Waals surface area contributed by atoms with Crippen molar-refractivity contribution in [2.45, 2.75) is 13.5 Å². The minimum atomic E-state index is -0.474. The van der Waals surface area contributed by atoms with Gasteiger partial charge in [-0.05, 0) is 36.4 Å². The van der Waals surface area contributed by atoms with Crippen LogP contribution >= 0.6 is 0 Å². The van der Waals surface area contributed by atoms with Crippen LogP contribution in [0.2, 0.25) is 0 Å². The largest absolute Gasteiger partial charge is 0.366 e. The van der Waals surface area contributed by atoms with Gasteiger partial charge in [-0.25, -0.2) is 9.97 Å². The zero-order valence-electron chi connectivity index (χ0n) is 14.0. The first-order chi connectivity index (χ1) is 12.6. The van der Waals surface area contributed by atoms with Crippen LogP contribution in [-0.2, 0) is 6.54 Å². The molecule has 0 radical (unpaired) electrons. The maximum Gasteiger partial charge on any atom is 0.248 e. The summed E-state index contributed by atoms with van der Waals surface area (Å²) in [6, 6.07) is 14.5. The lowest BCUT2D eigenvalue weighted by Gasteiger charge is -2.05. The second kappa shape index (κ2) is 6.32. The van der Waals surface area contributed by atoms with E-state index in [1.807, 2.05) is 31.2 Å². The molecule has 4 aromatic rings. The number of tetrazole rings is 1. The van der Waals surface area contributed by atoms with Crippen molar-refractivity contribution >= 4 is 16.9 Å². The molecule has 0 saturated carbocycles. The highest BCUT2D eigenvalue weighted by Gasteiger charge is 2.11. The molecule has 0 atom stereocenters. The highest BCUT2D eigenvalue weighted by molar-refractivity contribution is 5.93. The molecule has 0 bridgehead atoms. The van der Waals surface area contributed by atoms with Gasteiger partial charge in [-0.3, -0.25) is 4.79 Å². The maximum atomic E-state index is 11.1. The zero-order chi connectivity index (χ0) is 18.1. The fourth-order valence-electron chi connectivity index (χ4n) is 2.62. The predicted molar refractivity (Wildman–Crippen MR) is 95.1 cm³/mol. The number of rotatable bonds is 4. The molecule has 8 heteroatoms. The summed E-state index contributed by atoms with van der Waals surface area (Å²) in [4.78, 5) is 21.8. The number of para-hydroxylation sites is 2. The summed E-state index contributed by atoms with van der Waals surface area (Å²) in [5.41, 5.74) is 9.73. The van der Waals surface area contributed by atoms with E-state index in [0.29, 0.717) is 17.9 Å². The molecule has 0 aliphatic rings. The van der Waals surface area contributed by atoms with Crippen LogP contribution in [0.25, 0.3) is 22.4 Å². The summed E-state index contributed by atoms with van der Waals surface area (Å²) in [5.74, 6) is -0.00839. The average Bonchev–Trinajstić information content (AvgIpc) is 3.11. The standard InChI is InChI=1S/C18H15N7O/c1-11-16(21-15-5-3-2-4-14(15)20-11)10-25-23-18(22-24-25)13-8-6-12(7-9-13)17(19)26/h2-9H,10H2,1H3,(H2,19,26). The Balaban J connectivity index is 1.60. The molecular weight excluding hydrogens is 330 g/mol. The SMILES string of the molecule is Cc1nc2ccccc2nc1Cn1nnc(-c2ccc(C(N)=O)cc2)n1. The van der Waals surface area contributed by atoms with Gasteiger partial charge in [0.1, 0.15) is 6.54 Å². The van der Waals surface area contributed by atoms with Crippen LogP contribution in [0.15, 0.2) is 48.5 Å². The van der Waals surface area contributed by atoms with Crippen molar-refractivity contribution in [2.75, 3.05) is 0 Å². The van der Waals surface area contributed by atoms with Gasteiger partial charge in [-0.1, -0.05) is 24.3 Å². The van der Waals surface area contributed by atoms with Gasteiger partial charge in [-0.15, -0.1) is 10.2 Å². The second-order valence-corrected chi connectivity index (χ2v) is 5.83. The first kappa shape index (κ1) is 15.8. The van der Waals surface area contributed by atoms with E-state index in [4.69, 9.17) is 5.73 Å². The molecule has 8 nitrogen and oxygen atoms in total. The van der Waals surface area contributed by atoms with Gasteiger partial charge in [0, 0.05) is 11.1 Å². The fraction of sp³-hybridized carbons (Fsp3) is 0.111. The lowest BCUT2D eigenvalue weighted by atomic mass is 10.1. The van der Waals surface area contributed by atoms with E-state index in [1.54, 1.807) is 24.3 Å². The number of aryl methyl sites for hydroxylation is 1. The van der Waals surface area contributed by atoms with E-state index in [9.17, 15) is 4.79 Å². The normalized spacial score (nSPS) is 11.0. The zero-order valence-corrected chi connectivity index (χ0v) is 14.0. The molecule has 0 aliphatic carbocycles. The number of nitrogens with zero attached hydrogens (tertiary/aromatic N) is 6. The van der Waals surface area contributed by atoms with Gasteiger partial charge < -0.3 is 5.73 Å². The van der Waals surface area contributed by atoms with Crippen LogP contribution in [0.4, 0.5) is 0 Å². The summed E-state index contributed by atoms with van der Waals surface area (Å²) >= 11 is 0. The highest BCUT2D eigenvalue weighted by Crippen LogP contribution is 2.16. The molecule has 4 rings (SSSR count). The quantitative estimate of drug-likeness (QED) is 0.603. The Morgan fingerprint density at radius 1 is 1.04 bits per heavy atom. The smallest absolute Gasteiger partial charge is 0.248 e. The summed E-state index contributed by atoms with van der Waals surface area (Å²) in [5, 5.41) is 12.5. The van der Waals surface area contributed by atoms with Crippen molar-refractivity contribution in [3.8, 4) is 11.4 Å². The maximum absolute atomic E-state index is 11.1. The summed E-state index contributed by atoms with van der Waals surface area (Å²) in [7, 11) is 0. The van der Waals surface area contributed by atoms with Crippen LogP contribution in [0, 0.1) is 6.92 Å². The fourth-order valence-corrected chi connectivity index (χ4v) is 2.62. The minimum Gasteiger partial charge on any atom is -0.366 e. The molecule has 2 N–H and O–H groups in total. The van der Waals surface area contributed by atoms with Crippen molar-refractivity contribution in [1.82, 2.24) is 30.2 Å². The molecule has 2 aromatic carbocycles. The number of aromatic nitrogens is 6. The first-order valence-corrected chi connectivity index (χ1v) is 8.00. The number of amides is 1. The second-order valence-electron chi connectivity index (χ2n) is 5.83. The lowest BCUT2D eigenvalue weighted by molar-refractivity contribution is 0.100. The number of carbonyl (C=O) groups is 1. The van der Waals surface area contributed by atoms with Gasteiger partial charge >= 0.3 is 0 Å². The molecule has 0 saturated heterocycles. The van der Waals surface area contributed by atoms with E-state index in [-0.39, 0.29) is 0 Å². The topological polar surface area (TPSA) is 112 Å². The number of primary amides is 1. The summed E-state index contributed by atoms with van der Waals surface area (Å²) < 4.78 is 0. The third-order valence-electron chi connectivity index (χ3n) is 4.01. The van der Waals surface area contributed by atoms with Crippen LogP contribution in [0.1, 0.15) is 21.7 Å². The van der Waals surface area contributed by atoms with Crippen LogP contribution in [0.5, 0.6) is 0 Å². The van der Waals surface area contributed by atoms with Gasteiger partial charge in [0.2, 0.25) is 11.7 Å². The molecule has 26 heavy (non-hydrogen) atoms. The van der Waals surface area contributed by atoms with Crippen molar-refractivity contribution < 1.29 is 4.79 Å². The number of nitrogens with two attached hydrogens (primary N) is 1. The van der Waals surface area contributed by atoms with Crippen molar-refractivity contribution in [2.24, 2.45) is 5.73 Å². The average molecular weight is 345 g/mol. The predicted octanol–water partition coefficient (Wildman–Crippen LogP) is 1.74. The number of carbonyl (C=O) groups excluding carboxylic acids is 1. The molecule has 0 fully saturated rings. The molecule has 1 amide bonds.